The molecule has 27 heavy (non-hydrogen) atoms. The van der Waals surface area contributed by atoms with Gasteiger partial charge >= 0.3 is 0 Å². The van der Waals surface area contributed by atoms with Gasteiger partial charge in [0, 0.05) is 12.0 Å². The van der Waals surface area contributed by atoms with Crippen molar-refractivity contribution < 1.29 is 9.69 Å². The normalized spacial score (nSPS) is 16.0. The number of piperazine rings is 1. The molecule has 0 amide bonds. The van der Waals surface area contributed by atoms with Crippen LogP contribution in [0.5, 0.6) is 0 Å². The number of Topliss-reactive ketones (excluding diaryl/α,β-unsaturated/α-hetero) is 1. The molecule has 1 fully saturated rings. The number of ketones is 1. The molecule has 2 aromatic carbocycles. The predicted octanol–water partition coefficient (Wildman–Crippen LogP) is 2.10. The maximum atomic E-state index is 12.8. The van der Waals surface area contributed by atoms with Crippen LogP contribution in [0.4, 0.5) is 0 Å². The Kier molecular flexibility index (Phi) is 6.96. The highest BCUT2D eigenvalue weighted by Gasteiger charge is 2.24. The van der Waals surface area contributed by atoms with Crippen LogP contribution in [0.1, 0.15) is 35.3 Å². The fourth-order valence-electron chi connectivity index (χ4n) is 3.48. The van der Waals surface area contributed by atoms with Crippen LogP contribution in [0.25, 0.3) is 0 Å². The maximum Gasteiger partial charge on any atom is 0.169 e. The van der Waals surface area contributed by atoms with Gasteiger partial charge in [-0.2, -0.15) is 0 Å². The molecule has 0 radical (unpaired) electrons. The van der Waals surface area contributed by atoms with Gasteiger partial charge in [-0.15, -0.1) is 0 Å². The summed E-state index contributed by atoms with van der Waals surface area (Å²) in [4.78, 5) is 16.6. The number of carbonyl (C=O) groups is 1. The molecule has 0 aliphatic carbocycles. The summed E-state index contributed by atoms with van der Waals surface area (Å²) < 4.78 is 0. The van der Waals surface area contributed by atoms with Gasteiger partial charge in [-0.25, -0.2) is 0 Å². The summed E-state index contributed by atoms with van der Waals surface area (Å²) in [6.07, 6.45) is 0.383. The van der Waals surface area contributed by atoms with Crippen molar-refractivity contribution in [1.29, 1.82) is 0 Å². The number of carbonyl (C=O) groups excluding carboxylic acids is 1. The molecule has 2 N–H and O–H groups in total. The number of hydrogen-bond donors (Lipinski definition) is 2. The van der Waals surface area contributed by atoms with Crippen molar-refractivity contribution >= 4 is 23.1 Å². The Balaban J connectivity index is 1.69. The molecule has 1 saturated heterocycles. The summed E-state index contributed by atoms with van der Waals surface area (Å²) in [6.45, 7) is 7.52. The topological polar surface area (TPSA) is 36.8 Å². The van der Waals surface area contributed by atoms with Crippen molar-refractivity contribution in [2.45, 2.75) is 19.4 Å². The van der Waals surface area contributed by atoms with Crippen LogP contribution < -0.4 is 10.2 Å². The van der Waals surface area contributed by atoms with Gasteiger partial charge in [0.25, 0.3) is 0 Å². The molecular weight excluding hydrogens is 354 g/mol. The Bertz CT molecular complexity index is 743. The number of likely N-dealkylation sites (N-methyl/N-ethyl adjacent to an activating group) is 1. The predicted molar refractivity (Wildman–Crippen MR) is 113 cm³/mol. The number of quaternary nitrogens is 1. The third-order valence-corrected chi connectivity index (χ3v) is 5.62. The number of nitrogens with one attached hydrogen (secondary N) is 2. The number of thiocarbonyl (C=S) groups is 1. The Hall–Kier alpha value is -2.24. The van der Waals surface area contributed by atoms with Crippen molar-refractivity contribution in [2.24, 2.45) is 0 Å². The second-order valence-corrected chi connectivity index (χ2v) is 7.38. The van der Waals surface area contributed by atoms with Crippen LogP contribution in [0.15, 0.2) is 60.7 Å². The second-order valence-electron chi connectivity index (χ2n) is 7.00. The zero-order chi connectivity index (χ0) is 19.1. The van der Waals surface area contributed by atoms with E-state index >= 15 is 0 Å². The van der Waals surface area contributed by atoms with Crippen LogP contribution in [-0.4, -0.2) is 48.5 Å². The highest BCUT2D eigenvalue weighted by molar-refractivity contribution is 7.80. The average Bonchev–Trinajstić information content (AvgIpc) is 2.74. The molecule has 1 aliphatic heterocycles. The summed E-state index contributed by atoms with van der Waals surface area (Å²) in [5.74, 6) is 0.125. The molecule has 0 saturated carbocycles. The first-order valence-corrected chi connectivity index (χ1v) is 10.1. The highest BCUT2D eigenvalue weighted by atomic mass is 32.1. The van der Waals surface area contributed by atoms with Crippen LogP contribution in [0.3, 0.4) is 0 Å². The van der Waals surface area contributed by atoms with E-state index < -0.39 is 0 Å². The smallest absolute Gasteiger partial charge is 0.169 e. The van der Waals surface area contributed by atoms with E-state index in [0.29, 0.717) is 6.42 Å². The van der Waals surface area contributed by atoms with E-state index in [1.807, 2.05) is 48.5 Å². The third-order valence-electron chi connectivity index (χ3n) is 5.24. The molecule has 1 heterocycles. The minimum Gasteiger partial charge on any atom is -0.355 e. The maximum absolute atomic E-state index is 12.8. The van der Waals surface area contributed by atoms with E-state index in [1.54, 1.807) is 4.90 Å². The minimum atomic E-state index is -0.122. The van der Waals surface area contributed by atoms with Crippen molar-refractivity contribution in [2.75, 3.05) is 32.7 Å². The zero-order valence-corrected chi connectivity index (χ0v) is 16.7. The zero-order valence-electron chi connectivity index (χ0n) is 15.9. The van der Waals surface area contributed by atoms with Crippen LogP contribution in [0.2, 0.25) is 0 Å². The molecule has 1 atom stereocenters. The molecule has 0 spiro atoms. The van der Waals surface area contributed by atoms with Crippen molar-refractivity contribution in [1.82, 2.24) is 10.2 Å². The Morgan fingerprint density at radius 1 is 1.07 bits per heavy atom. The lowest BCUT2D eigenvalue weighted by Gasteiger charge is -2.34. The Morgan fingerprint density at radius 3 is 2.26 bits per heavy atom. The lowest BCUT2D eigenvalue weighted by molar-refractivity contribution is -0.902. The summed E-state index contributed by atoms with van der Waals surface area (Å²) in [5.41, 5.74) is 1.83. The van der Waals surface area contributed by atoms with Gasteiger partial charge in [-0.05, 0) is 24.7 Å². The first kappa shape index (κ1) is 19.5. The first-order chi connectivity index (χ1) is 13.2. The molecule has 1 aliphatic rings. The van der Waals surface area contributed by atoms with Gasteiger partial charge in [0.15, 0.2) is 10.9 Å². The standard InChI is InChI=1S/C22H27N3OS/c1-2-24-13-15-25(16-14-24)22(27)23-20(18-9-5-3-6-10-18)17-21(26)19-11-7-4-8-12-19/h3-12,20H,2,13-17H2,1H3,(H,23,27)/p+1/t20-/m1/s1. The molecular formula is C22H28N3OS+. The first-order valence-electron chi connectivity index (χ1n) is 9.69. The van der Waals surface area contributed by atoms with E-state index in [-0.39, 0.29) is 11.8 Å². The lowest BCUT2D eigenvalue weighted by atomic mass is 9.98. The van der Waals surface area contributed by atoms with Gasteiger partial charge in [0.1, 0.15) is 0 Å². The lowest BCUT2D eigenvalue weighted by Crippen LogP contribution is -3.14. The number of nitrogens with zero attached hydrogens (tertiary/aromatic N) is 1. The van der Waals surface area contributed by atoms with Crippen molar-refractivity contribution in [3.63, 3.8) is 0 Å². The van der Waals surface area contributed by atoms with Gasteiger partial charge in [-0.3, -0.25) is 4.79 Å². The molecule has 5 heteroatoms. The monoisotopic (exact) mass is 382 g/mol. The van der Waals surface area contributed by atoms with Gasteiger partial charge in [0.2, 0.25) is 0 Å². The van der Waals surface area contributed by atoms with Gasteiger partial charge in [0.05, 0.1) is 38.8 Å². The van der Waals surface area contributed by atoms with Crippen LogP contribution in [-0.2, 0) is 0 Å². The summed E-state index contributed by atoms with van der Waals surface area (Å²) in [6, 6.07) is 19.5. The van der Waals surface area contributed by atoms with E-state index in [0.717, 1.165) is 49.0 Å². The molecule has 4 nitrogen and oxygen atoms in total. The van der Waals surface area contributed by atoms with Crippen molar-refractivity contribution in [3.05, 3.63) is 71.8 Å². The van der Waals surface area contributed by atoms with E-state index in [2.05, 4.69) is 29.3 Å². The van der Waals surface area contributed by atoms with Gasteiger partial charge < -0.3 is 15.1 Å². The molecule has 0 aromatic heterocycles. The van der Waals surface area contributed by atoms with E-state index in [9.17, 15) is 4.79 Å². The van der Waals surface area contributed by atoms with E-state index in [4.69, 9.17) is 12.2 Å². The Morgan fingerprint density at radius 2 is 1.67 bits per heavy atom. The summed E-state index contributed by atoms with van der Waals surface area (Å²) in [5, 5.41) is 4.21. The molecule has 0 unspecified atom stereocenters. The minimum absolute atomic E-state index is 0.122. The molecule has 0 bridgehead atoms. The van der Waals surface area contributed by atoms with Crippen LogP contribution >= 0.6 is 12.2 Å². The third kappa shape index (κ3) is 5.37. The quantitative estimate of drug-likeness (QED) is 0.593. The fourth-order valence-corrected chi connectivity index (χ4v) is 3.81. The largest absolute Gasteiger partial charge is 0.355 e. The summed E-state index contributed by atoms with van der Waals surface area (Å²) in [7, 11) is 0. The molecule has 2 aromatic rings. The Labute approximate surface area is 167 Å². The number of benzene rings is 2. The average molecular weight is 383 g/mol. The van der Waals surface area contributed by atoms with E-state index in [1.165, 1.54) is 0 Å². The molecule has 142 valence electrons. The summed E-state index contributed by atoms with van der Waals surface area (Å²) >= 11 is 5.69. The SMILES string of the molecule is CC[NH+]1CCN(C(=S)N[C@H](CC(=O)c2ccccc2)c2ccccc2)CC1. The number of rotatable bonds is 6. The molecule has 3 rings (SSSR count). The highest BCUT2D eigenvalue weighted by Crippen LogP contribution is 2.20. The van der Waals surface area contributed by atoms with Crippen LogP contribution in [0, 0.1) is 0 Å². The van der Waals surface area contributed by atoms with Crippen molar-refractivity contribution in [3.8, 4) is 0 Å². The number of hydrogen-bond acceptors (Lipinski definition) is 2. The van der Waals surface area contributed by atoms with Gasteiger partial charge in [-0.1, -0.05) is 60.7 Å². The fraction of sp³-hybridized carbons (Fsp3) is 0.364. The second kappa shape index (κ2) is 9.62.